The minimum absolute atomic E-state index is 0.120. The van der Waals surface area contributed by atoms with E-state index in [9.17, 15) is 9.59 Å². The average Bonchev–Trinajstić information content (AvgIpc) is 3.19. The predicted octanol–water partition coefficient (Wildman–Crippen LogP) is 3.64. The van der Waals surface area contributed by atoms with Gasteiger partial charge in [0.2, 0.25) is 5.91 Å². The third-order valence-corrected chi connectivity index (χ3v) is 6.10. The van der Waals surface area contributed by atoms with Crippen LogP contribution in [0.2, 0.25) is 0 Å². The van der Waals surface area contributed by atoms with Crippen LogP contribution in [0.4, 0.5) is 0 Å². The number of hydrogen-bond acceptors (Lipinski definition) is 3. The second-order valence-electron chi connectivity index (χ2n) is 8.36. The van der Waals surface area contributed by atoms with Crippen LogP contribution in [0.1, 0.15) is 29.5 Å². The van der Waals surface area contributed by atoms with E-state index in [1.165, 1.54) is 0 Å². The van der Waals surface area contributed by atoms with Gasteiger partial charge in [0, 0.05) is 45.6 Å². The summed E-state index contributed by atoms with van der Waals surface area (Å²) in [6.07, 6.45) is 4.89. The summed E-state index contributed by atoms with van der Waals surface area (Å²) >= 11 is 0. The number of rotatable bonds is 6. The van der Waals surface area contributed by atoms with Gasteiger partial charge in [-0.25, -0.2) is 4.98 Å². The minimum atomic E-state index is -0.293. The molecular formula is C26H30N4O2. The van der Waals surface area contributed by atoms with Crippen molar-refractivity contribution in [3.63, 3.8) is 0 Å². The fourth-order valence-electron chi connectivity index (χ4n) is 4.45. The van der Waals surface area contributed by atoms with Crippen LogP contribution in [0, 0.1) is 5.92 Å². The number of benzene rings is 2. The summed E-state index contributed by atoms with van der Waals surface area (Å²) in [6.45, 7) is 4.26. The monoisotopic (exact) mass is 430 g/mol. The first-order valence-electron chi connectivity index (χ1n) is 11.3. The lowest BCUT2D eigenvalue weighted by molar-refractivity contribution is -0.134. The van der Waals surface area contributed by atoms with Gasteiger partial charge in [-0.05, 0) is 29.5 Å². The molecule has 1 atom stereocenters. The predicted molar refractivity (Wildman–Crippen MR) is 125 cm³/mol. The molecular weight excluding hydrogens is 400 g/mol. The van der Waals surface area contributed by atoms with E-state index in [0.29, 0.717) is 38.4 Å². The number of nitrogens with zero attached hydrogens (tertiary/aromatic N) is 4. The first-order valence-corrected chi connectivity index (χ1v) is 11.3. The maximum atomic E-state index is 13.5. The smallest absolute Gasteiger partial charge is 0.289 e. The molecule has 2 aromatic carbocycles. The van der Waals surface area contributed by atoms with E-state index in [2.05, 4.69) is 36.2 Å². The molecule has 4 rings (SSSR count). The standard InChI is InChI=1S/C26H30N4O2/c1-3-14-29-16-17-30(26(32)24-27-13-15-28(24)2)19-22(25(29)31)18-21-11-7-8-12-23(21)20-9-5-4-6-10-20/h4-13,15,22H,3,14,16-19H2,1-2H3. The third-order valence-electron chi connectivity index (χ3n) is 6.10. The maximum Gasteiger partial charge on any atom is 0.289 e. The fraction of sp³-hybridized carbons (Fsp3) is 0.346. The van der Waals surface area contributed by atoms with Crippen molar-refractivity contribution in [3.05, 3.63) is 78.4 Å². The molecule has 1 aliphatic rings. The molecule has 6 heteroatoms. The highest BCUT2D eigenvalue weighted by atomic mass is 16.2. The number of amides is 2. The highest BCUT2D eigenvalue weighted by Crippen LogP contribution is 2.27. The van der Waals surface area contributed by atoms with Crippen LogP contribution < -0.4 is 0 Å². The number of aryl methyl sites for hydroxylation is 1. The molecule has 3 aromatic rings. The number of carbonyl (C=O) groups is 2. The Morgan fingerprint density at radius 2 is 1.81 bits per heavy atom. The molecule has 0 aliphatic carbocycles. The zero-order chi connectivity index (χ0) is 22.5. The Balaban J connectivity index is 1.64. The van der Waals surface area contributed by atoms with Crippen molar-refractivity contribution in [1.29, 1.82) is 0 Å². The van der Waals surface area contributed by atoms with Crippen LogP contribution in [-0.2, 0) is 18.3 Å². The van der Waals surface area contributed by atoms with Crippen molar-refractivity contribution in [2.75, 3.05) is 26.2 Å². The van der Waals surface area contributed by atoms with E-state index in [1.54, 1.807) is 21.9 Å². The Hall–Kier alpha value is -3.41. The SMILES string of the molecule is CCCN1CCN(C(=O)c2nccn2C)CC(Cc2ccccc2-c2ccccc2)C1=O. The molecule has 2 heterocycles. The van der Waals surface area contributed by atoms with Crippen LogP contribution in [0.15, 0.2) is 67.0 Å². The van der Waals surface area contributed by atoms with Crippen molar-refractivity contribution in [1.82, 2.24) is 19.4 Å². The van der Waals surface area contributed by atoms with Crippen LogP contribution >= 0.6 is 0 Å². The van der Waals surface area contributed by atoms with Crippen LogP contribution in [-0.4, -0.2) is 57.3 Å². The van der Waals surface area contributed by atoms with E-state index in [1.807, 2.05) is 42.3 Å². The van der Waals surface area contributed by atoms with E-state index < -0.39 is 0 Å². The maximum absolute atomic E-state index is 13.5. The second-order valence-corrected chi connectivity index (χ2v) is 8.36. The molecule has 0 bridgehead atoms. The first kappa shape index (κ1) is 21.8. The van der Waals surface area contributed by atoms with Gasteiger partial charge in [-0.15, -0.1) is 0 Å². The average molecular weight is 431 g/mol. The Morgan fingerprint density at radius 1 is 1.06 bits per heavy atom. The molecule has 1 fully saturated rings. The molecule has 2 amide bonds. The Kier molecular flexibility index (Phi) is 6.69. The summed E-state index contributed by atoms with van der Waals surface area (Å²) in [5.74, 6) is 0.123. The zero-order valence-electron chi connectivity index (χ0n) is 18.8. The topological polar surface area (TPSA) is 58.4 Å². The van der Waals surface area contributed by atoms with Crippen molar-refractivity contribution >= 4 is 11.8 Å². The lowest BCUT2D eigenvalue weighted by Crippen LogP contribution is -2.38. The van der Waals surface area contributed by atoms with Crippen molar-refractivity contribution in [2.45, 2.75) is 19.8 Å². The fourth-order valence-corrected chi connectivity index (χ4v) is 4.45. The molecule has 1 unspecified atom stereocenters. The first-order chi connectivity index (χ1) is 15.6. The molecule has 0 N–H and O–H groups in total. The summed E-state index contributed by atoms with van der Waals surface area (Å²) in [7, 11) is 1.82. The Bertz CT molecular complexity index is 1080. The molecule has 166 valence electrons. The molecule has 1 saturated heterocycles. The summed E-state index contributed by atoms with van der Waals surface area (Å²) in [4.78, 5) is 34.6. The summed E-state index contributed by atoms with van der Waals surface area (Å²) in [6, 6.07) is 18.5. The van der Waals surface area contributed by atoms with Gasteiger partial charge in [0.05, 0.1) is 5.92 Å². The van der Waals surface area contributed by atoms with Crippen molar-refractivity contribution in [3.8, 4) is 11.1 Å². The van der Waals surface area contributed by atoms with Gasteiger partial charge >= 0.3 is 0 Å². The van der Waals surface area contributed by atoms with E-state index in [0.717, 1.165) is 23.1 Å². The Labute approximate surface area is 189 Å². The van der Waals surface area contributed by atoms with E-state index in [4.69, 9.17) is 0 Å². The second kappa shape index (κ2) is 9.81. The van der Waals surface area contributed by atoms with Gasteiger partial charge in [-0.1, -0.05) is 61.5 Å². The molecule has 1 aliphatic heterocycles. The molecule has 32 heavy (non-hydrogen) atoms. The van der Waals surface area contributed by atoms with Crippen molar-refractivity contribution < 1.29 is 9.59 Å². The number of carbonyl (C=O) groups excluding carboxylic acids is 2. The molecule has 1 aromatic heterocycles. The van der Waals surface area contributed by atoms with Gasteiger partial charge in [0.1, 0.15) is 0 Å². The van der Waals surface area contributed by atoms with Crippen LogP contribution in [0.25, 0.3) is 11.1 Å². The lowest BCUT2D eigenvalue weighted by Gasteiger charge is -2.24. The molecule has 0 saturated carbocycles. The van der Waals surface area contributed by atoms with E-state index in [-0.39, 0.29) is 17.7 Å². The summed E-state index contributed by atoms with van der Waals surface area (Å²) in [5.41, 5.74) is 3.39. The van der Waals surface area contributed by atoms with E-state index >= 15 is 0 Å². The number of hydrogen-bond donors (Lipinski definition) is 0. The quantitative estimate of drug-likeness (QED) is 0.600. The van der Waals surface area contributed by atoms with Gasteiger partial charge in [0.15, 0.2) is 5.82 Å². The normalized spacial score (nSPS) is 16.8. The van der Waals surface area contributed by atoms with Crippen LogP contribution in [0.5, 0.6) is 0 Å². The largest absolute Gasteiger partial charge is 0.341 e. The van der Waals surface area contributed by atoms with Crippen LogP contribution in [0.3, 0.4) is 0 Å². The van der Waals surface area contributed by atoms with Gasteiger partial charge in [-0.2, -0.15) is 0 Å². The highest BCUT2D eigenvalue weighted by Gasteiger charge is 2.33. The number of aromatic nitrogens is 2. The minimum Gasteiger partial charge on any atom is -0.341 e. The third kappa shape index (κ3) is 4.59. The Morgan fingerprint density at radius 3 is 2.53 bits per heavy atom. The lowest BCUT2D eigenvalue weighted by atomic mass is 9.91. The number of imidazole rings is 1. The van der Waals surface area contributed by atoms with Gasteiger partial charge in [-0.3, -0.25) is 9.59 Å². The molecule has 0 spiro atoms. The molecule has 6 nitrogen and oxygen atoms in total. The van der Waals surface area contributed by atoms with Crippen molar-refractivity contribution in [2.24, 2.45) is 13.0 Å². The highest BCUT2D eigenvalue weighted by molar-refractivity contribution is 5.91. The van der Waals surface area contributed by atoms with Gasteiger partial charge in [0.25, 0.3) is 5.91 Å². The van der Waals surface area contributed by atoms with Gasteiger partial charge < -0.3 is 14.4 Å². The summed E-state index contributed by atoms with van der Waals surface area (Å²) < 4.78 is 1.73. The summed E-state index contributed by atoms with van der Waals surface area (Å²) in [5, 5.41) is 0. The zero-order valence-corrected chi connectivity index (χ0v) is 18.8. The molecule has 0 radical (unpaired) electrons.